The lowest BCUT2D eigenvalue weighted by molar-refractivity contribution is 0.00706. The number of aromatic amines is 1. The molecule has 2 fully saturated rings. The monoisotopic (exact) mass is 526 g/mol. The predicted molar refractivity (Wildman–Crippen MR) is 135 cm³/mol. The van der Waals surface area contributed by atoms with Crippen molar-refractivity contribution in [2.45, 2.75) is 29.3 Å². The molecule has 2 aromatic carbocycles. The van der Waals surface area contributed by atoms with Crippen LogP contribution in [0.3, 0.4) is 0 Å². The number of aromatic nitrogens is 3. The molecule has 2 aromatic heterocycles. The van der Waals surface area contributed by atoms with E-state index in [4.69, 9.17) is 25.8 Å². The first-order valence-electron chi connectivity index (χ1n) is 11.4. The van der Waals surface area contributed by atoms with Crippen molar-refractivity contribution >= 4 is 38.2 Å². The smallest absolute Gasteiger partial charge is 0.296 e. The van der Waals surface area contributed by atoms with Crippen molar-refractivity contribution in [3.8, 4) is 17.3 Å². The molecule has 0 bridgehead atoms. The highest BCUT2D eigenvalue weighted by atomic mass is 35.5. The molecule has 2 aliphatic heterocycles. The van der Waals surface area contributed by atoms with Crippen molar-refractivity contribution < 1.29 is 23.5 Å². The van der Waals surface area contributed by atoms with E-state index in [1.54, 1.807) is 24.5 Å². The molecule has 0 spiro atoms. The Morgan fingerprint density at radius 3 is 2.61 bits per heavy atom. The van der Waals surface area contributed by atoms with E-state index in [1.807, 2.05) is 42.5 Å². The zero-order valence-electron chi connectivity index (χ0n) is 19.2. The summed E-state index contributed by atoms with van der Waals surface area (Å²) in [5.74, 6) is 0. The summed E-state index contributed by atoms with van der Waals surface area (Å²) in [6, 6.07) is 18.5. The second-order valence-electron chi connectivity index (χ2n) is 8.81. The van der Waals surface area contributed by atoms with Crippen molar-refractivity contribution in [3.63, 3.8) is 0 Å². The minimum Gasteiger partial charge on any atom is -0.456 e. The summed E-state index contributed by atoms with van der Waals surface area (Å²) >= 11 is 6.54. The van der Waals surface area contributed by atoms with Gasteiger partial charge in [-0.1, -0.05) is 41.9 Å². The van der Waals surface area contributed by atoms with Crippen LogP contribution in [0.4, 0.5) is 5.69 Å². The average Bonchev–Trinajstić information content (AvgIpc) is 3.56. The van der Waals surface area contributed by atoms with E-state index in [0.29, 0.717) is 39.1 Å². The van der Waals surface area contributed by atoms with Crippen molar-refractivity contribution in [2.75, 3.05) is 19.5 Å². The molecule has 6 rings (SSSR count). The molecule has 1 unspecified atom stereocenters. The molecule has 186 valence electrons. The van der Waals surface area contributed by atoms with E-state index >= 15 is 0 Å². The van der Waals surface area contributed by atoms with Crippen LogP contribution in [0.1, 0.15) is 0 Å². The van der Waals surface area contributed by atoms with Gasteiger partial charge in [-0.05, 0) is 30.3 Å². The fourth-order valence-electron chi connectivity index (χ4n) is 4.45. The van der Waals surface area contributed by atoms with Gasteiger partial charge in [0.25, 0.3) is 6.01 Å². The molecule has 0 amide bonds. The summed E-state index contributed by atoms with van der Waals surface area (Å²) in [6.07, 6.45) is -0.142. The Bertz CT molecular complexity index is 1540. The molecule has 4 aromatic rings. The number of aliphatic hydroxyl groups is 1. The van der Waals surface area contributed by atoms with Gasteiger partial charge in [-0.3, -0.25) is 0 Å². The highest BCUT2D eigenvalue weighted by molar-refractivity contribution is 7.93. The summed E-state index contributed by atoms with van der Waals surface area (Å²) < 4.78 is 34.7. The molecule has 0 aliphatic carbocycles. The van der Waals surface area contributed by atoms with Crippen LogP contribution in [0.25, 0.3) is 22.4 Å². The van der Waals surface area contributed by atoms with Gasteiger partial charge in [0.05, 0.1) is 44.9 Å². The third-order valence-corrected chi connectivity index (χ3v) is 8.24. The molecule has 11 heteroatoms. The largest absolute Gasteiger partial charge is 0.456 e. The number of benzene rings is 2. The van der Waals surface area contributed by atoms with Crippen LogP contribution in [-0.2, 0) is 19.2 Å². The molecule has 2 N–H and O–H groups in total. The van der Waals surface area contributed by atoms with Crippen molar-refractivity contribution in [1.29, 1.82) is 0 Å². The molecule has 0 saturated carbocycles. The highest BCUT2D eigenvalue weighted by Crippen LogP contribution is 2.33. The van der Waals surface area contributed by atoms with Gasteiger partial charge in [0.2, 0.25) is 0 Å². The van der Waals surface area contributed by atoms with E-state index in [2.05, 4.69) is 19.3 Å². The average molecular weight is 527 g/mol. The van der Waals surface area contributed by atoms with Gasteiger partial charge in [-0.15, -0.1) is 0 Å². The Morgan fingerprint density at radius 2 is 1.83 bits per heavy atom. The zero-order valence-corrected chi connectivity index (χ0v) is 20.8. The van der Waals surface area contributed by atoms with Crippen LogP contribution in [0, 0.1) is 0 Å². The highest BCUT2D eigenvalue weighted by Gasteiger charge is 2.48. The Morgan fingerprint density at radius 1 is 1.08 bits per heavy atom. The second-order valence-corrected chi connectivity index (χ2v) is 11.5. The van der Waals surface area contributed by atoms with Crippen LogP contribution in [0.15, 0.2) is 69.9 Å². The number of imidazole rings is 1. The van der Waals surface area contributed by atoms with Gasteiger partial charge in [-0.2, -0.15) is 9.35 Å². The number of nitrogens with zero attached hydrogens (tertiary/aromatic N) is 3. The Labute approximate surface area is 212 Å². The second kappa shape index (κ2) is 9.13. The predicted octanol–water partition coefficient (Wildman–Crippen LogP) is 3.97. The van der Waals surface area contributed by atoms with Crippen molar-refractivity contribution in [2.24, 2.45) is 4.36 Å². The molecular weight excluding hydrogens is 504 g/mol. The van der Waals surface area contributed by atoms with E-state index in [1.165, 1.54) is 0 Å². The number of fused-ring (bicyclic) bond motifs is 2. The van der Waals surface area contributed by atoms with Crippen LogP contribution in [0.2, 0.25) is 5.02 Å². The van der Waals surface area contributed by atoms with Crippen LogP contribution in [-0.4, -0.2) is 68.2 Å². The van der Waals surface area contributed by atoms with E-state index in [9.17, 15) is 9.32 Å². The number of pyridine rings is 1. The van der Waals surface area contributed by atoms with Gasteiger partial charge >= 0.3 is 0 Å². The summed E-state index contributed by atoms with van der Waals surface area (Å²) in [5, 5.41) is 10.4. The first kappa shape index (κ1) is 23.4. The van der Waals surface area contributed by atoms with Gasteiger partial charge in [0.1, 0.15) is 18.3 Å². The molecule has 5 atom stereocenters. The lowest BCUT2D eigenvalue weighted by atomic mass is 10.1. The standard InChI is InChI=1S/C25H23ClN4O5S/c1-36(32,16-5-3-2-4-6-16)30-15-9-7-14(8-10-15)21-17(26)11-18-24(28-21)29-25(27-18)35-20-13-34-22-19(31)12-33-23(20)22/h2-11,19-20,22-23,31H,12-13H2,1H3,(H,27,28,29)/t19-,20+,22-,23-,36?/m1/s1. The topological polar surface area (TPSA) is 119 Å². The van der Waals surface area contributed by atoms with Crippen LogP contribution >= 0.6 is 11.6 Å². The minimum absolute atomic E-state index is 0.226. The van der Waals surface area contributed by atoms with Crippen molar-refractivity contribution in [3.05, 3.63) is 65.7 Å². The van der Waals surface area contributed by atoms with Gasteiger partial charge in [0, 0.05) is 16.7 Å². The quantitative estimate of drug-likeness (QED) is 0.404. The third-order valence-electron chi connectivity index (χ3n) is 6.25. The summed E-state index contributed by atoms with van der Waals surface area (Å²) in [7, 11) is -2.57. The van der Waals surface area contributed by atoms with Gasteiger partial charge in [-0.25, -0.2) is 9.19 Å². The number of nitrogens with one attached hydrogen (secondary N) is 1. The number of ether oxygens (including phenoxy) is 3. The number of H-pyrrole nitrogens is 1. The van der Waals surface area contributed by atoms with E-state index < -0.39 is 15.8 Å². The minimum atomic E-state index is -2.57. The zero-order chi connectivity index (χ0) is 24.9. The Hall–Kier alpha value is -3.02. The SMILES string of the molecule is CS(=O)(=Nc1ccc(-c2nc3nc(O[C@H]4CO[C@H]5[C@@H]4OC[C@H]5O)[nH]c3cc2Cl)cc1)c1ccccc1. The Balaban J connectivity index is 1.24. The maximum absolute atomic E-state index is 13.1. The summed E-state index contributed by atoms with van der Waals surface area (Å²) in [4.78, 5) is 12.8. The normalized spacial score (nSPS) is 25.0. The number of halogens is 1. The van der Waals surface area contributed by atoms with Gasteiger partial charge in [0.15, 0.2) is 11.8 Å². The molecular formula is C25H23ClN4O5S. The maximum atomic E-state index is 13.1. The third kappa shape index (κ3) is 4.35. The van der Waals surface area contributed by atoms with Crippen LogP contribution < -0.4 is 4.74 Å². The number of hydrogen-bond donors (Lipinski definition) is 2. The summed E-state index contributed by atoms with van der Waals surface area (Å²) in [5.41, 5.74) is 3.00. The molecule has 36 heavy (non-hydrogen) atoms. The molecule has 2 aliphatic rings. The fourth-order valence-corrected chi connectivity index (χ4v) is 6.00. The van der Waals surface area contributed by atoms with E-state index in [0.717, 1.165) is 5.56 Å². The first-order valence-corrected chi connectivity index (χ1v) is 13.7. The van der Waals surface area contributed by atoms with Crippen LogP contribution in [0.5, 0.6) is 6.01 Å². The first-order chi connectivity index (χ1) is 17.4. The molecule has 9 nitrogen and oxygen atoms in total. The summed E-state index contributed by atoms with van der Waals surface area (Å²) in [6.45, 7) is 0.526. The van der Waals surface area contributed by atoms with Gasteiger partial charge < -0.3 is 24.3 Å². The number of rotatable bonds is 5. The molecule has 2 saturated heterocycles. The number of aliphatic hydroxyl groups excluding tert-OH is 1. The molecule has 4 heterocycles. The Kier molecular flexibility index (Phi) is 5.93. The fraction of sp³-hybridized carbons (Fsp3) is 0.280. The number of hydrogen-bond acceptors (Lipinski definition) is 8. The molecule has 0 radical (unpaired) electrons. The van der Waals surface area contributed by atoms with Crippen molar-refractivity contribution in [1.82, 2.24) is 15.0 Å². The lowest BCUT2D eigenvalue weighted by Crippen LogP contribution is -2.34. The lowest BCUT2D eigenvalue weighted by Gasteiger charge is -2.15. The van der Waals surface area contributed by atoms with E-state index in [-0.39, 0.29) is 30.9 Å². The maximum Gasteiger partial charge on any atom is 0.296 e.